The molecule has 2 fully saturated rings. The van der Waals surface area contributed by atoms with Gasteiger partial charge in [-0.3, -0.25) is 14.6 Å². The lowest BCUT2D eigenvalue weighted by Gasteiger charge is -2.38. The third-order valence-corrected chi connectivity index (χ3v) is 5.85. The standard InChI is InChI=1S/C20H24FN3OS/c21-17-3-1-16(2-4-17)19(20(25)22-18-5-6-18)24-10-8-23(9-11-24)13-15-7-12-26-14-15/h1-4,7,12,14,18-19H,5-6,8-11,13H2,(H,22,25). The van der Waals surface area contributed by atoms with Crippen molar-refractivity contribution >= 4 is 17.2 Å². The summed E-state index contributed by atoms with van der Waals surface area (Å²) >= 11 is 1.73. The van der Waals surface area contributed by atoms with Gasteiger partial charge in [-0.15, -0.1) is 0 Å². The summed E-state index contributed by atoms with van der Waals surface area (Å²) in [7, 11) is 0. The van der Waals surface area contributed by atoms with E-state index in [4.69, 9.17) is 0 Å². The summed E-state index contributed by atoms with van der Waals surface area (Å²) in [5.74, 6) is -0.221. The maximum atomic E-state index is 13.3. The minimum Gasteiger partial charge on any atom is -0.352 e. The summed E-state index contributed by atoms with van der Waals surface area (Å²) in [6.45, 7) is 4.51. The van der Waals surface area contributed by atoms with Gasteiger partial charge in [0.2, 0.25) is 5.91 Å². The number of nitrogens with zero attached hydrogens (tertiary/aromatic N) is 2. The van der Waals surface area contributed by atoms with Crippen molar-refractivity contribution in [2.75, 3.05) is 26.2 Å². The molecule has 1 N–H and O–H groups in total. The van der Waals surface area contributed by atoms with E-state index >= 15 is 0 Å². The van der Waals surface area contributed by atoms with Gasteiger partial charge >= 0.3 is 0 Å². The highest BCUT2D eigenvalue weighted by Crippen LogP contribution is 2.26. The first kappa shape index (κ1) is 17.6. The molecule has 4 rings (SSSR count). The van der Waals surface area contributed by atoms with Crippen molar-refractivity contribution in [1.29, 1.82) is 0 Å². The monoisotopic (exact) mass is 373 g/mol. The van der Waals surface area contributed by atoms with Gasteiger partial charge in [-0.1, -0.05) is 12.1 Å². The van der Waals surface area contributed by atoms with Gasteiger partial charge in [0.15, 0.2) is 0 Å². The van der Waals surface area contributed by atoms with Crippen LogP contribution in [0.5, 0.6) is 0 Å². The summed E-state index contributed by atoms with van der Waals surface area (Å²) < 4.78 is 13.3. The average molecular weight is 373 g/mol. The quantitative estimate of drug-likeness (QED) is 0.845. The van der Waals surface area contributed by atoms with E-state index in [1.165, 1.54) is 17.7 Å². The van der Waals surface area contributed by atoms with Crippen molar-refractivity contribution in [2.24, 2.45) is 0 Å². The largest absolute Gasteiger partial charge is 0.352 e. The summed E-state index contributed by atoms with van der Waals surface area (Å²) in [4.78, 5) is 17.5. The van der Waals surface area contributed by atoms with Crippen molar-refractivity contribution in [3.63, 3.8) is 0 Å². The van der Waals surface area contributed by atoms with Crippen LogP contribution in [0.1, 0.15) is 30.0 Å². The Morgan fingerprint density at radius 1 is 1.15 bits per heavy atom. The second-order valence-electron chi connectivity index (χ2n) is 7.18. The van der Waals surface area contributed by atoms with Crippen LogP contribution in [0.2, 0.25) is 0 Å². The van der Waals surface area contributed by atoms with E-state index in [0.717, 1.165) is 51.1 Å². The van der Waals surface area contributed by atoms with Crippen molar-refractivity contribution in [2.45, 2.75) is 31.5 Å². The van der Waals surface area contributed by atoms with E-state index in [2.05, 4.69) is 31.9 Å². The fourth-order valence-corrected chi connectivity index (χ4v) is 4.16. The third kappa shape index (κ3) is 4.31. The third-order valence-electron chi connectivity index (χ3n) is 5.12. The molecule has 1 aromatic carbocycles. The lowest BCUT2D eigenvalue weighted by atomic mass is 10.0. The van der Waals surface area contributed by atoms with Crippen molar-refractivity contribution in [1.82, 2.24) is 15.1 Å². The Kier molecular flexibility index (Phi) is 5.33. The van der Waals surface area contributed by atoms with Gasteiger partial charge in [0.25, 0.3) is 0 Å². The molecule has 1 atom stereocenters. The maximum absolute atomic E-state index is 13.3. The summed E-state index contributed by atoms with van der Waals surface area (Å²) in [5.41, 5.74) is 2.22. The van der Waals surface area contributed by atoms with Crippen LogP contribution in [0.3, 0.4) is 0 Å². The molecule has 1 amide bonds. The molecule has 1 aromatic heterocycles. The Morgan fingerprint density at radius 3 is 2.50 bits per heavy atom. The number of carbonyl (C=O) groups excluding carboxylic acids is 1. The first-order valence-corrected chi connectivity index (χ1v) is 10.2. The van der Waals surface area contributed by atoms with Gasteiger partial charge in [-0.2, -0.15) is 11.3 Å². The molecule has 0 bridgehead atoms. The van der Waals surface area contributed by atoms with Crippen molar-refractivity contribution in [3.05, 3.63) is 58.0 Å². The van der Waals surface area contributed by atoms with Crippen LogP contribution in [-0.2, 0) is 11.3 Å². The molecular weight excluding hydrogens is 349 g/mol. The van der Waals surface area contributed by atoms with Crippen molar-refractivity contribution in [3.8, 4) is 0 Å². The SMILES string of the molecule is O=C(NC1CC1)C(c1ccc(F)cc1)N1CCN(Cc2ccsc2)CC1. The fourth-order valence-electron chi connectivity index (χ4n) is 3.50. The number of halogens is 1. The lowest BCUT2D eigenvalue weighted by Crippen LogP contribution is -2.50. The van der Waals surface area contributed by atoms with E-state index in [-0.39, 0.29) is 17.8 Å². The molecule has 1 saturated carbocycles. The molecule has 1 aliphatic carbocycles. The molecule has 26 heavy (non-hydrogen) atoms. The summed E-state index contributed by atoms with van der Waals surface area (Å²) in [5, 5.41) is 7.43. The molecule has 138 valence electrons. The van der Waals surface area contributed by atoms with Gasteiger partial charge in [-0.05, 0) is 52.9 Å². The van der Waals surface area contributed by atoms with Crippen LogP contribution >= 0.6 is 11.3 Å². The normalized spacial score (nSPS) is 20.0. The van der Waals surface area contributed by atoms with E-state index in [0.29, 0.717) is 6.04 Å². The van der Waals surface area contributed by atoms with Crippen LogP contribution in [0.4, 0.5) is 4.39 Å². The number of thiophene rings is 1. The second-order valence-corrected chi connectivity index (χ2v) is 7.96. The number of piperazine rings is 1. The molecular formula is C20H24FN3OS. The Labute approximate surface area is 157 Å². The number of rotatable bonds is 6. The molecule has 2 aromatic rings. The summed E-state index contributed by atoms with van der Waals surface area (Å²) in [6, 6.07) is 8.53. The molecule has 0 radical (unpaired) electrons. The molecule has 1 aliphatic heterocycles. The van der Waals surface area contributed by atoms with Crippen molar-refractivity contribution < 1.29 is 9.18 Å². The van der Waals surface area contributed by atoms with Crippen LogP contribution in [0.25, 0.3) is 0 Å². The predicted molar refractivity (Wildman–Crippen MR) is 101 cm³/mol. The topological polar surface area (TPSA) is 35.6 Å². The van der Waals surface area contributed by atoms with Gasteiger partial charge in [0, 0.05) is 38.8 Å². The molecule has 2 heterocycles. The number of nitrogens with one attached hydrogen (secondary N) is 1. The maximum Gasteiger partial charge on any atom is 0.242 e. The first-order valence-electron chi connectivity index (χ1n) is 9.22. The van der Waals surface area contributed by atoms with Gasteiger partial charge in [-0.25, -0.2) is 4.39 Å². The van der Waals surface area contributed by atoms with Crippen LogP contribution in [-0.4, -0.2) is 47.9 Å². The highest BCUT2D eigenvalue weighted by Gasteiger charge is 2.33. The van der Waals surface area contributed by atoms with E-state index in [1.807, 2.05) is 0 Å². The molecule has 1 saturated heterocycles. The van der Waals surface area contributed by atoms with E-state index in [1.54, 1.807) is 23.5 Å². The zero-order chi connectivity index (χ0) is 17.9. The number of carbonyl (C=O) groups is 1. The molecule has 0 spiro atoms. The van der Waals surface area contributed by atoms with Crippen LogP contribution in [0, 0.1) is 5.82 Å². The highest BCUT2D eigenvalue weighted by molar-refractivity contribution is 7.07. The Bertz CT molecular complexity index is 722. The van der Waals surface area contributed by atoms with E-state index < -0.39 is 0 Å². The van der Waals surface area contributed by atoms with Gasteiger partial charge in [0.1, 0.15) is 11.9 Å². The van der Waals surface area contributed by atoms with E-state index in [9.17, 15) is 9.18 Å². The lowest BCUT2D eigenvalue weighted by molar-refractivity contribution is -0.127. The Morgan fingerprint density at radius 2 is 1.88 bits per heavy atom. The molecule has 1 unspecified atom stereocenters. The predicted octanol–water partition coefficient (Wildman–Crippen LogP) is 3.02. The zero-order valence-corrected chi connectivity index (χ0v) is 15.6. The zero-order valence-electron chi connectivity index (χ0n) is 14.7. The average Bonchev–Trinajstić information content (AvgIpc) is 3.31. The highest BCUT2D eigenvalue weighted by atomic mass is 32.1. The first-order chi connectivity index (χ1) is 12.7. The van der Waals surface area contributed by atoms with Gasteiger partial charge < -0.3 is 5.32 Å². The Balaban J connectivity index is 1.43. The van der Waals surface area contributed by atoms with Gasteiger partial charge in [0.05, 0.1) is 0 Å². The smallest absolute Gasteiger partial charge is 0.242 e. The number of amides is 1. The number of benzene rings is 1. The second kappa shape index (κ2) is 7.86. The Hall–Kier alpha value is -1.76. The minimum atomic E-state index is -0.334. The minimum absolute atomic E-state index is 0.0467. The molecule has 6 heteroatoms. The number of hydrogen-bond acceptors (Lipinski definition) is 4. The molecule has 2 aliphatic rings. The summed E-state index contributed by atoms with van der Waals surface area (Å²) in [6.07, 6.45) is 2.13. The fraction of sp³-hybridized carbons (Fsp3) is 0.450. The molecule has 4 nitrogen and oxygen atoms in total. The van der Waals surface area contributed by atoms with Crippen LogP contribution in [0.15, 0.2) is 41.1 Å². The van der Waals surface area contributed by atoms with Crippen LogP contribution < -0.4 is 5.32 Å². The number of hydrogen-bond donors (Lipinski definition) is 1.